The van der Waals surface area contributed by atoms with Crippen molar-refractivity contribution >= 4 is 22.4 Å². The highest BCUT2D eigenvalue weighted by Crippen LogP contribution is 2.23. The van der Waals surface area contributed by atoms with Crippen molar-refractivity contribution in [1.29, 1.82) is 0 Å². The molecule has 3 aromatic rings. The van der Waals surface area contributed by atoms with Gasteiger partial charge in [0.2, 0.25) is 0 Å². The predicted molar refractivity (Wildman–Crippen MR) is 93.6 cm³/mol. The topological polar surface area (TPSA) is 38.3 Å². The molecule has 0 aliphatic carbocycles. The van der Waals surface area contributed by atoms with Gasteiger partial charge < -0.3 is 10.1 Å². The minimum atomic E-state index is -0.825. The minimum Gasteiger partial charge on any atom is -0.481 e. The van der Waals surface area contributed by atoms with Crippen LogP contribution in [0.5, 0.6) is 5.75 Å². The van der Waals surface area contributed by atoms with E-state index in [9.17, 15) is 13.6 Å². The number of carbonyl (C=O) groups excluding carboxylic acids is 1. The summed E-state index contributed by atoms with van der Waals surface area (Å²) in [4.78, 5) is 12.4. The van der Waals surface area contributed by atoms with Crippen LogP contribution < -0.4 is 10.1 Å². The van der Waals surface area contributed by atoms with Gasteiger partial charge >= 0.3 is 0 Å². The number of rotatable bonds is 5. The fourth-order valence-electron chi connectivity index (χ4n) is 2.53. The number of hydrogen-bond donors (Lipinski definition) is 1. The van der Waals surface area contributed by atoms with Gasteiger partial charge in [-0.2, -0.15) is 0 Å². The molecule has 0 unspecified atom stereocenters. The first-order valence-electron chi connectivity index (χ1n) is 7.98. The van der Waals surface area contributed by atoms with Crippen molar-refractivity contribution in [3.63, 3.8) is 0 Å². The van der Waals surface area contributed by atoms with Crippen LogP contribution in [-0.2, 0) is 4.79 Å². The summed E-state index contributed by atoms with van der Waals surface area (Å²) in [5.41, 5.74) is -0.0769. The predicted octanol–water partition coefficient (Wildman–Crippen LogP) is 4.91. The molecule has 0 bridgehead atoms. The van der Waals surface area contributed by atoms with Crippen molar-refractivity contribution in [3.8, 4) is 5.75 Å². The Morgan fingerprint density at radius 3 is 2.52 bits per heavy atom. The molecule has 1 amide bonds. The lowest BCUT2D eigenvalue weighted by Gasteiger charge is -2.18. The van der Waals surface area contributed by atoms with Gasteiger partial charge in [0, 0.05) is 6.07 Å². The lowest BCUT2D eigenvalue weighted by Crippen LogP contribution is -2.32. The standard InChI is InChI=1S/C20H17F2NO2/c1-2-19(20(24)23-18-10-8-15(21)12-17(18)22)25-16-9-7-13-5-3-4-6-14(13)11-16/h3-12,19H,2H2,1H3,(H,23,24)/t19-/m1/s1. The first-order chi connectivity index (χ1) is 12.1. The number of nitrogens with one attached hydrogen (secondary N) is 1. The van der Waals surface area contributed by atoms with E-state index in [2.05, 4.69) is 5.32 Å². The molecule has 0 saturated carbocycles. The number of carbonyl (C=O) groups is 1. The monoisotopic (exact) mass is 341 g/mol. The maximum absolute atomic E-state index is 13.7. The van der Waals surface area contributed by atoms with Crippen LogP contribution in [0, 0.1) is 11.6 Å². The van der Waals surface area contributed by atoms with Gasteiger partial charge in [0.25, 0.3) is 5.91 Å². The average Bonchev–Trinajstić information content (AvgIpc) is 2.61. The van der Waals surface area contributed by atoms with Gasteiger partial charge in [-0.05, 0) is 41.5 Å². The summed E-state index contributed by atoms with van der Waals surface area (Å²) in [6.07, 6.45) is -0.382. The largest absolute Gasteiger partial charge is 0.481 e. The second kappa shape index (κ2) is 7.30. The van der Waals surface area contributed by atoms with Crippen LogP contribution >= 0.6 is 0 Å². The van der Waals surface area contributed by atoms with Crippen LogP contribution in [0.1, 0.15) is 13.3 Å². The van der Waals surface area contributed by atoms with E-state index in [0.29, 0.717) is 12.2 Å². The molecule has 0 fully saturated rings. The summed E-state index contributed by atoms with van der Waals surface area (Å²) in [6.45, 7) is 1.80. The fourth-order valence-corrected chi connectivity index (χ4v) is 2.53. The van der Waals surface area contributed by atoms with Gasteiger partial charge in [0.15, 0.2) is 6.10 Å². The molecule has 1 N–H and O–H groups in total. The van der Waals surface area contributed by atoms with E-state index in [1.54, 1.807) is 13.0 Å². The van der Waals surface area contributed by atoms with Crippen LogP contribution in [0.3, 0.4) is 0 Å². The van der Waals surface area contributed by atoms with Crippen LogP contribution in [0.15, 0.2) is 60.7 Å². The Morgan fingerprint density at radius 1 is 1.04 bits per heavy atom. The highest BCUT2D eigenvalue weighted by molar-refractivity contribution is 5.94. The summed E-state index contributed by atoms with van der Waals surface area (Å²) >= 11 is 0. The molecule has 25 heavy (non-hydrogen) atoms. The number of anilines is 1. The molecule has 0 saturated heterocycles. The third kappa shape index (κ3) is 3.94. The van der Waals surface area contributed by atoms with Crippen LogP contribution in [0.2, 0.25) is 0 Å². The first-order valence-corrected chi connectivity index (χ1v) is 7.98. The molecular formula is C20H17F2NO2. The Kier molecular flexibility index (Phi) is 4.93. The zero-order valence-electron chi connectivity index (χ0n) is 13.6. The zero-order chi connectivity index (χ0) is 17.8. The Morgan fingerprint density at radius 2 is 1.80 bits per heavy atom. The summed E-state index contributed by atoms with van der Waals surface area (Å²) in [6, 6.07) is 16.4. The quantitative estimate of drug-likeness (QED) is 0.716. The van der Waals surface area contributed by atoms with Crippen molar-refractivity contribution in [3.05, 3.63) is 72.3 Å². The van der Waals surface area contributed by atoms with Crippen molar-refractivity contribution < 1.29 is 18.3 Å². The van der Waals surface area contributed by atoms with E-state index in [1.165, 1.54) is 6.07 Å². The van der Waals surface area contributed by atoms with E-state index >= 15 is 0 Å². The van der Waals surface area contributed by atoms with Gasteiger partial charge in [0.1, 0.15) is 17.4 Å². The molecule has 1 atom stereocenters. The number of hydrogen-bond acceptors (Lipinski definition) is 2. The number of amides is 1. The minimum absolute atomic E-state index is 0.0769. The molecule has 0 aliphatic heterocycles. The highest BCUT2D eigenvalue weighted by atomic mass is 19.1. The second-order valence-corrected chi connectivity index (χ2v) is 5.64. The smallest absolute Gasteiger partial charge is 0.265 e. The number of halogens is 2. The maximum atomic E-state index is 13.7. The average molecular weight is 341 g/mol. The zero-order valence-corrected chi connectivity index (χ0v) is 13.6. The highest BCUT2D eigenvalue weighted by Gasteiger charge is 2.20. The molecule has 0 radical (unpaired) electrons. The van der Waals surface area contributed by atoms with Gasteiger partial charge in [-0.1, -0.05) is 37.3 Å². The molecule has 0 spiro atoms. The molecule has 0 aliphatic rings. The Labute approximate surface area is 144 Å². The van der Waals surface area contributed by atoms with Crippen LogP contribution in [-0.4, -0.2) is 12.0 Å². The summed E-state index contributed by atoms with van der Waals surface area (Å²) < 4.78 is 32.4. The first kappa shape index (κ1) is 16.9. The van der Waals surface area contributed by atoms with Crippen molar-refractivity contribution in [1.82, 2.24) is 0 Å². The summed E-state index contributed by atoms with van der Waals surface area (Å²) in [5, 5.41) is 4.51. The van der Waals surface area contributed by atoms with E-state index in [-0.39, 0.29) is 5.69 Å². The van der Waals surface area contributed by atoms with Crippen molar-refractivity contribution in [2.45, 2.75) is 19.4 Å². The van der Waals surface area contributed by atoms with Crippen LogP contribution in [0.4, 0.5) is 14.5 Å². The van der Waals surface area contributed by atoms with Gasteiger partial charge in [-0.25, -0.2) is 8.78 Å². The third-order valence-corrected chi connectivity index (χ3v) is 3.85. The number of fused-ring (bicyclic) bond motifs is 1. The summed E-state index contributed by atoms with van der Waals surface area (Å²) in [5.74, 6) is -1.45. The molecule has 3 rings (SSSR count). The molecular weight excluding hydrogens is 324 g/mol. The van der Waals surface area contributed by atoms with Crippen LogP contribution in [0.25, 0.3) is 10.8 Å². The van der Waals surface area contributed by atoms with Crippen molar-refractivity contribution in [2.75, 3.05) is 5.32 Å². The normalized spacial score (nSPS) is 12.0. The number of ether oxygens (including phenoxy) is 1. The lowest BCUT2D eigenvalue weighted by molar-refractivity contribution is -0.122. The van der Waals surface area contributed by atoms with E-state index in [1.807, 2.05) is 36.4 Å². The Bertz CT molecular complexity index is 911. The lowest BCUT2D eigenvalue weighted by atomic mass is 10.1. The van der Waals surface area contributed by atoms with E-state index < -0.39 is 23.6 Å². The molecule has 5 heteroatoms. The van der Waals surface area contributed by atoms with Crippen molar-refractivity contribution in [2.24, 2.45) is 0 Å². The molecule has 3 aromatic carbocycles. The Hall–Kier alpha value is -2.95. The summed E-state index contributed by atoms with van der Waals surface area (Å²) in [7, 11) is 0. The number of benzene rings is 3. The van der Waals surface area contributed by atoms with E-state index in [4.69, 9.17) is 4.74 Å². The third-order valence-electron chi connectivity index (χ3n) is 3.85. The fraction of sp³-hybridized carbons (Fsp3) is 0.150. The van der Waals surface area contributed by atoms with Gasteiger partial charge in [-0.3, -0.25) is 4.79 Å². The molecule has 0 aromatic heterocycles. The second-order valence-electron chi connectivity index (χ2n) is 5.64. The van der Waals surface area contributed by atoms with Gasteiger partial charge in [0.05, 0.1) is 5.69 Å². The van der Waals surface area contributed by atoms with E-state index in [0.717, 1.165) is 22.9 Å². The maximum Gasteiger partial charge on any atom is 0.265 e. The molecule has 0 heterocycles. The Balaban J connectivity index is 1.75. The SMILES string of the molecule is CC[C@@H](Oc1ccc2ccccc2c1)C(=O)Nc1ccc(F)cc1F. The molecule has 128 valence electrons. The molecule has 3 nitrogen and oxygen atoms in total. The van der Waals surface area contributed by atoms with Gasteiger partial charge in [-0.15, -0.1) is 0 Å².